The SMILES string of the molecule is CC(C)(C)OC(=O)N[C@@]12CCC[C@@H](C[C@@H]1C(=O)O)C2. The summed E-state index contributed by atoms with van der Waals surface area (Å²) in [6.45, 7) is 5.41. The van der Waals surface area contributed by atoms with Gasteiger partial charge in [-0.25, -0.2) is 4.79 Å². The molecule has 2 fully saturated rings. The molecule has 19 heavy (non-hydrogen) atoms. The smallest absolute Gasteiger partial charge is 0.408 e. The number of hydrogen-bond acceptors (Lipinski definition) is 3. The third-order valence-corrected chi connectivity index (χ3v) is 4.17. The van der Waals surface area contributed by atoms with Crippen molar-refractivity contribution in [1.29, 1.82) is 0 Å². The molecule has 2 rings (SSSR count). The van der Waals surface area contributed by atoms with Crippen LogP contribution in [0.1, 0.15) is 52.9 Å². The minimum atomic E-state index is -0.805. The maximum absolute atomic E-state index is 12.0. The Bertz CT molecular complexity index is 387. The minimum absolute atomic E-state index is 0.421. The van der Waals surface area contributed by atoms with E-state index in [2.05, 4.69) is 5.32 Å². The highest BCUT2D eigenvalue weighted by Gasteiger charge is 2.53. The highest BCUT2D eigenvalue weighted by atomic mass is 16.6. The van der Waals surface area contributed by atoms with E-state index in [4.69, 9.17) is 4.74 Å². The lowest BCUT2D eigenvalue weighted by Gasteiger charge is -2.37. The number of nitrogens with one attached hydrogen (secondary N) is 1. The highest BCUT2D eigenvalue weighted by molar-refractivity contribution is 5.76. The van der Waals surface area contributed by atoms with Gasteiger partial charge in [-0.3, -0.25) is 4.79 Å². The van der Waals surface area contributed by atoms with E-state index in [1.165, 1.54) is 0 Å². The lowest BCUT2D eigenvalue weighted by molar-refractivity contribution is -0.143. The summed E-state index contributed by atoms with van der Waals surface area (Å²) < 4.78 is 5.27. The van der Waals surface area contributed by atoms with E-state index < -0.39 is 29.1 Å². The van der Waals surface area contributed by atoms with Gasteiger partial charge < -0.3 is 15.2 Å². The van der Waals surface area contributed by atoms with Gasteiger partial charge in [0.15, 0.2) is 0 Å². The molecule has 0 aromatic carbocycles. The molecule has 2 saturated carbocycles. The summed E-state index contributed by atoms with van der Waals surface area (Å²) in [6, 6.07) is 0. The van der Waals surface area contributed by atoms with Gasteiger partial charge in [-0.15, -0.1) is 0 Å². The normalized spacial score (nSPS) is 33.8. The Labute approximate surface area is 113 Å². The third-order valence-electron chi connectivity index (χ3n) is 4.17. The van der Waals surface area contributed by atoms with Gasteiger partial charge in [-0.2, -0.15) is 0 Å². The van der Waals surface area contributed by atoms with Crippen LogP contribution in [-0.4, -0.2) is 28.3 Å². The minimum Gasteiger partial charge on any atom is -0.481 e. The van der Waals surface area contributed by atoms with Gasteiger partial charge in [0.25, 0.3) is 0 Å². The number of rotatable bonds is 2. The Morgan fingerprint density at radius 3 is 2.63 bits per heavy atom. The highest BCUT2D eigenvalue weighted by Crippen LogP contribution is 2.49. The molecule has 5 nitrogen and oxygen atoms in total. The summed E-state index contributed by atoms with van der Waals surface area (Å²) in [6.07, 6.45) is 3.72. The van der Waals surface area contributed by atoms with Crippen LogP contribution in [-0.2, 0) is 9.53 Å². The van der Waals surface area contributed by atoms with Gasteiger partial charge in [0.05, 0.1) is 11.5 Å². The lowest BCUT2D eigenvalue weighted by Crippen LogP contribution is -2.55. The van der Waals surface area contributed by atoms with Crippen LogP contribution in [0, 0.1) is 11.8 Å². The zero-order chi connectivity index (χ0) is 14.3. The first-order valence-electron chi connectivity index (χ1n) is 6.96. The summed E-state index contributed by atoms with van der Waals surface area (Å²) in [5.74, 6) is -0.863. The molecule has 108 valence electrons. The van der Waals surface area contributed by atoms with Gasteiger partial charge in [0.1, 0.15) is 5.60 Å². The molecule has 0 saturated heterocycles. The quantitative estimate of drug-likeness (QED) is 0.807. The van der Waals surface area contributed by atoms with Crippen LogP contribution in [0.2, 0.25) is 0 Å². The van der Waals surface area contributed by atoms with E-state index in [9.17, 15) is 14.7 Å². The van der Waals surface area contributed by atoms with Crippen molar-refractivity contribution in [2.45, 2.75) is 64.0 Å². The standard InChI is InChI=1S/C14H23NO4/c1-13(2,3)19-12(18)15-14-6-4-5-9(8-14)7-10(14)11(16)17/h9-10H,4-8H2,1-3H3,(H,15,18)(H,16,17)/t9-,10+,14+/m0/s1. The fraction of sp³-hybridized carbons (Fsp3) is 0.857. The number of hydrogen-bond donors (Lipinski definition) is 2. The molecule has 0 aromatic rings. The maximum Gasteiger partial charge on any atom is 0.408 e. The van der Waals surface area contributed by atoms with Crippen molar-refractivity contribution in [3.05, 3.63) is 0 Å². The number of carbonyl (C=O) groups excluding carboxylic acids is 1. The van der Waals surface area contributed by atoms with Gasteiger partial charge >= 0.3 is 12.1 Å². The molecule has 5 heteroatoms. The average molecular weight is 269 g/mol. The molecule has 2 bridgehead atoms. The Balaban J connectivity index is 2.11. The number of carboxylic acid groups (broad SMARTS) is 1. The maximum atomic E-state index is 12.0. The van der Waals surface area contributed by atoms with E-state index in [0.717, 1.165) is 25.7 Å². The summed E-state index contributed by atoms with van der Waals surface area (Å²) in [5, 5.41) is 12.2. The molecule has 2 aliphatic rings. The molecule has 0 radical (unpaired) electrons. The predicted octanol–water partition coefficient (Wildman–Crippen LogP) is 2.54. The zero-order valence-electron chi connectivity index (χ0n) is 11.9. The van der Waals surface area contributed by atoms with Gasteiger partial charge in [-0.05, 0) is 46.0 Å². The second-order valence-corrected chi connectivity index (χ2v) is 6.87. The van der Waals surface area contributed by atoms with Gasteiger partial charge in [0, 0.05) is 0 Å². The second-order valence-electron chi connectivity index (χ2n) is 6.87. The van der Waals surface area contributed by atoms with Gasteiger partial charge in [-0.1, -0.05) is 12.8 Å². The fourth-order valence-corrected chi connectivity index (χ4v) is 3.55. The average Bonchev–Trinajstić information content (AvgIpc) is 2.46. The molecule has 1 amide bonds. The molecule has 3 atom stereocenters. The first-order chi connectivity index (χ1) is 8.72. The van der Waals surface area contributed by atoms with E-state index in [0.29, 0.717) is 12.3 Å². The van der Waals surface area contributed by atoms with Crippen molar-refractivity contribution in [3.63, 3.8) is 0 Å². The monoisotopic (exact) mass is 269 g/mol. The topological polar surface area (TPSA) is 75.6 Å². The van der Waals surface area contributed by atoms with Crippen LogP contribution in [0.25, 0.3) is 0 Å². The number of fused-ring (bicyclic) bond motifs is 2. The fourth-order valence-electron chi connectivity index (χ4n) is 3.55. The van der Waals surface area contributed by atoms with Crippen LogP contribution >= 0.6 is 0 Å². The lowest BCUT2D eigenvalue weighted by atomic mass is 9.79. The number of aliphatic carboxylic acids is 1. The summed E-state index contributed by atoms with van der Waals surface area (Å²) in [5.41, 5.74) is -1.16. The van der Waals surface area contributed by atoms with Crippen molar-refractivity contribution in [2.75, 3.05) is 0 Å². The summed E-state index contributed by atoms with van der Waals surface area (Å²) in [4.78, 5) is 23.4. The summed E-state index contributed by atoms with van der Waals surface area (Å²) >= 11 is 0. The largest absolute Gasteiger partial charge is 0.481 e. The predicted molar refractivity (Wildman–Crippen MR) is 69.8 cm³/mol. The van der Waals surface area contributed by atoms with Crippen molar-refractivity contribution < 1.29 is 19.4 Å². The molecule has 0 aliphatic heterocycles. The Morgan fingerprint density at radius 2 is 2.05 bits per heavy atom. The molecule has 0 aromatic heterocycles. The van der Waals surface area contributed by atoms with Crippen LogP contribution in [0.3, 0.4) is 0 Å². The van der Waals surface area contributed by atoms with Crippen LogP contribution in [0.4, 0.5) is 4.79 Å². The van der Waals surface area contributed by atoms with Crippen molar-refractivity contribution in [1.82, 2.24) is 5.32 Å². The number of alkyl carbamates (subject to hydrolysis) is 1. The molecule has 2 N–H and O–H groups in total. The Hall–Kier alpha value is -1.26. The van der Waals surface area contributed by atoms with Crippen molar-refractivity contribution in [2.24, 2.45) is 11.8 Å². The number of ether oxygens (including phenoxy) is 1. The molecule has 0 heterocycles. The van der Waals surface area contributed by atoms with Crippen LogP contribution in [0.15, 0.2) is 0 Å². The number of amides is 1. The Morgan fingerprint density at radius 1 is 1.37 bits per heavy atom. The van der Waals surface area contributed by atoms with E-state index in [-0.39, 0.29) is 0 Å². The van der Waals surface area contributed by atoms with Crippen LogP contribution < -0.4 is 5.32 Å². The first kappa shape index (κ1) is 14.2. The summed E-state index contributed by atoms with van der Waals surface area (Å²) in [7, 11) is 0. The number of carbonyl (C=O) groups is 2. The Kier molecular flexibility index (Phi) is 3.49. The second kappa shape index (κ2) is 4.69. The van der Waals surface area contributed by atoms with Crippen LogP contribution in [0.5, 0.6) is 0 Å². The molecular formula is C14H23NO4. The van der Waals surface area contributed by atoms with E-state index in [1.807, 2.05) is 0 Å². The van der Waals surface area contributed by atoms with E-state index >= 15 is 0 Å². The van der Waals surface area contributed by atoms with E-state index in [1.54, 1.807) is 20.8 Å². The number of carboxylic acids is 1. The van der Waals surface area contributed by atoms with Crippen molar-refractivity contribution in [3.8, 4) is 0 Å². The molecular weight excluding hydrogens is 246 g/mol. The molecule has 0 unspecified atom stereocenters. The first-order valence-corrected chi connectivity index (χ1v) is 6.96. The van der Waals surface area contributed by atoms with Gasteiger partial charge in [0.2, 0.25) is 0 Å². The third kappa shape index (κ3) is 3.01. The van der Waals surface area contributed by atoms with Crippen molar-refractivity contribution >= 4 is 12.1 Å². The molecule has 2 aliphatic carbocycles. The zero-order valence-corrected chi connectivity index (χ0v) is 11.9. The molecule has 0 spiro atoms.